The normalized spacial score (nSPS) is 9.67. The second kappa shape index (κ2) is 4.41. The first-order chi connectivity index (χ1) is 7.00. The van der Waals surface area contributed by atoms with Crippen LogP contribution in [0.4, 0.5) is 5.69 Å². The Balaban J connectivity index is 2.82. The Hall–Kier alpha value is -2.11. The summed E-state index contributed by atoms with van der Waals surface area (Å²) < 4.78 is 4.86. The third-order valence-electron chi connectivity index (χ3n) is 1.73. The highest BCUT2D eigenvalue weighted by atomic mass is 16.6. The molecule has 0 aliphatic rings. The first-order valence-corrected chi connectivity index (χ1v) is 4.10. The molecule has 80 valence electrons. The number of hydrogen-bond donors (Lipinski definition) is 1. The summed E-state index contributed by atoms with van der Waals surface area (Å²) in [5.41, 5.74) is 0.417. The van der Waals surface area contributed by atoms with Gasteiger partial charge in [-0.3, -0.25) is 10.1 Å². The van der Waals surface area contributed by atoms with Gasteiger partial charge in [0.05, 0.1) is 4.92 Å². The van der Waals surface area contributed by atoms with Crippen molar-refractivity contribution < 1.29 is 19.6 Å². The van der Waals surface area contributed by atoms with E-state index in [0.29, 0.717) is 11.3 Å². The highest BCUT2D eigenvalue weighted by Gasteiger charge is 2.10. The van der Waals surface area contributed by atoms with Crippen molar-refractivity contribution in [1.82, 2.24) is 0 Å². The minimum Gasteiger partial charge on any atom is -0.482 e. The van der Waals surface area contributed by atoms with Gasteiger partial charge in [0.25, 0.3) is 5.69 Å². The summed E-state index contributed by atoms with van der Waals surface area (Å²) in [7, 11) is 0. The summed E-state index contributed by atoms with van der Waals surface area (Å²) in [6, 6.07) is 4.08. The Morgan fingerprint density at radius 3 is 2.73 bits per heavy atom. The molecule has 6 heteroatoms. The van der Waals surface area contributed by atoms with Gasteiger partial charge in [0.15, 0.2) is 6.61 Å². The van der Waals surface area contributed by atoms with E-state index in [1.807, 2.05) is 0 Å². The lowest BCUT2D eigenvalue weighted by Crippen LogP contribution is -2.09. The average molecular weight is 211 g/mol. The van der Waals surface area contributed by atoms with Gasteiger partial charge < -0.3 is 9.84 Å². The number of aryl methyl sites for hydroxylation is 1. The first kappa shape index (κ1) is 11.0. The average Bonchev–Trinajstić information content (AvgIpc) is 2.14. The molecule has 0 aromatic heterocycles. The van der Waals surface area contributed by atoms with Gasteiger partial charge in [-0.1, -0.05) is 0 Å². The molecule has 0 fully saturated rings. The van der Waals surface area contributed by atoms with Crippen molar-refractivity contribution in [2.24, 2.45) is 0 Å². The summed E-state index contributed by atoms with van der Waals surface area (Å²) in [5, 5.41) is 18.8. The number of rotatable bonds is 4. The summed E-state index contributed by atoms with van der Waals surface area (Å²) >= 11 is 0. The standard InChI is InChI=1S/C9H9NO5/c1-6-4-7(15-5-9(11)12)2-3-8(6)10(13)14/h2-4H,5H2,1H3,(H,11,12). The van der Waals surface area contributed by atoms with Gasteiger partial charge in [-0.05, 0) is 19.1 Å². The fourth-order valence-corrected chi connectivity index (χ4v) is 1.07. The maximum atomic E-state index is 10.5. The molecule has 1 N–H and O–H groups in total. The zero-order valence-corrected chi connectivity index (χ0v) is 7.97. The molecule has 0 aliphatic heterocycles. The summed E-state index contributed by atoms with van der Waals surface area (Å²) in [6.07, 6.45) is 0. The van der Waals surface area contributed by atoms with Crippen LogP contribution in [0.15, 0.2) is 18.2 Å². The Morgan fingerprint density at radius 1 is 1.60 bits per heavy atom. The molecule has 0 spiro atoms. The van der Waals surface area contributed by atoms with E-state index in [1.165, 1.54) is 18.2 Å². The highest BCUT2D eigenvalue weighted by molar-refractivity contribution is 5.68. The predicted octanol–water partition coefficient (Wildman–Crippen LogP) is 1.37. The first-order valence-electron chi connectivity index (χ1n) is 4.10. The van der Waals surface area contributed by atoms with Crippen molar-refractivity contribution in [3.05, 3.63) is 33.9 Å². The van der Waals surface area contributed by atoms with Crippen molar-refractivity contribution in [1.29, 1.82) is 0 Å². The molecule has 0 amide bonds. The van der Waals surface area contributed by atoms with Crippen molar-refractivity contribution in [2.45, 2.75) is 6.92 Å². The molecule has 0 atom stereocenters. The molecule has 0 saturated heterocycles. The van der Waals surface area contributed by atoms with Crippen LogP contribution in [0.5, 0.6) is 5.75 Å². The molecule has 1 aromatic carbocycles. The molecule has 6 nitrogen and oxygen atoms in total. The van der Waals surface area contributed by atoms with Gasteiger partial charge >= 0.3 is 5.97 Å². The van der Waals surface area contributed by atoms with E-state index in [2.05, 4.69) is 0 Å². The Labute approximate surface area is 85.2 Å². The molecule has 0 bridgehead atoms. The van der Waals surface area contributed by atoms with Crippen LogP contribution in [-0.2, 0) is 4.79 Å². The molecule has 15 heavy (non-hydrogen) atoms. The zero-order chi connectivity index (χ0) is 11.4. The lowest BCUT2D eigenvalue weighted by Gasteiger charge is -2.03. The van der Waals surface area contributed by atoms with Crippen molar-refractivity contribution in [3.8, 4) is 5.75 Å². The maximum Gasteiger partial charge on any atom is 0.341 e. The van der Waals surface area contributed by atoms with Gasteiger partial charge in [0.2, 0.25) is 0 Å². The third kappa shape index (κ3) is 2.94. The number of carboxylic acid groups (broad SMARTS) is 1. The van der Waals surface area contributed by atoms with Crippen molar-refractivity contribution in [2.75, 3.05) is 6.61 Å². The van der Waals surface area contributed by atoms with Gasteiger partial charge in [0.1, 0.15) is 5.75 Å². The molecule has 0 radical (unpaired) electrons. The fraction of sp³-hybridized carbons (Fsp3) is 0.222. The summed E-state index contributed by atoms with van der Waals surface area (Å²) in [4.78, 5) is 20.2. The van der Waals surface area contributed by atoms with Gasteiger partial charge in [-0.25, -0.2) is 4.79 Å². The van der Waals surface area contributed by atoms with Crippen LogP contribution in [0, 0.1) is 17.0 Å². The molecule has 1 aromatic rings. The summed E-state index contributed by atoms with van der Waals surface area (Å²) in [5.74, 6) is -0.786. The number of nitrogens with zero attached hydrogens (tertiary/aromatic N) is 1. The van der Waals surface area contributed by atoms with Crippen LogP contribution in [0.2, 0.25) is 0 Å². The van der Waals surface area contributed by atoms with Gasteiger partial charge in [-0.15, -0.1) is 0 Å². The van der Waals surface area contributed by atoms with Crippen LogP contribution in [-0.4, -0.2) is 22.6 Å². The summed E-state index contributed by atoms with van der Waals surface area (Å²) in [6.45, 7) is 1.10. The monoisotopic (exact) mass is 211 g/mol. The number of carboxylic acids is 1. The largest absolute Gasteiger partial charge is 0.482 e. The van der Waals surface area contributed by atoms with Crippen LogP contribution in [0.25, 0.3) is 0 Å². The molecular formula is C9H9NO5. The SMILES string of the molecule is Cc1cc(OCC(=O)O)ccc1[N+](=O)[O-]. The van der Waals surface area contributed by atoms with E-state index in [1.54, 1.807) is 6.92 Å². The van der Waals surface area contributed by atoms with Gasteiger partial charge in [0, 0.05) is 11.6 Å². The minimum absolute atomic E-state index is 0.0160. The predicted molar refractivity (Wildman–Crippen MR) is 51.0 cm³/mol. The number of aliphatic carboxylic acids is 1. The smallest absolute Gasteiger partial charge is 0.341 e. The van der Waals surface area contributed by atoms with Crippen LogP contribution in [0.1, 0.15) is 5.56 Å². The maximum absolute atomic E-state index is 10.5. The quantitative estimate of drug-likeness (QED) is 0.600. The number of nitro benzene ring substituents is 1. The molecule has 0 heterocycles. The van der Waals surface area contributed by atoms with Crippen LogP contribution < -0.4 is 4.74 Å². The Kier molecular flexibility index (Phi) is 3.22. The van der Waals surface area contributed by atoms with E-state index >= 15 is 0 Å². The second-order valence-corrected chi connectivity index (χ2v) is 2.89. The van der Waals surface area contributed by atoms with E-state index in [-0.39, 0.29) is 5.69 Å². The number of benzene rings is 1. The molecule has 0 aliphatic carbocycles. The second-order valence-electron chi connectivity index (χ2n) is 2.89. The van der Waals surface area contributed by atoms with E-state index in [4.69, 9.17) is 9.84 Å². The number of carbonyl (C=O) groups is 1. The number of nitro groups is 1. The molecule has 0 saturated carbocycles. The van der Waals surface area contributed by atoms with Gasteiger partial charge in [-0.2, -0.15) is 0 Å². The van der Waals surface area contributed by atoms with Crippen molar-refractivity contribution >= 4 is 11.7 Å². The highest BCUT2D eigenvalue weighted by Crippen LogP contribution is 2.22. The number of ether oxygens (including phenoxy) is 1. The minimum atomic E-state index is -1.09. The van der Waals surface area contributed by atoms with E-state index in [0.717, 1.165) is 0 Å². The molecular weight excluding hydrogens is 202 g/mol. The molecule has 0 unspecified atom stereocenters. The topological polar surface area (TPSA) is 89.7 Å². The van der Waals surface area contributed by atoms with Crippen LogP contribution >= 0.6 is 0 Å². The number of hydrogen-bond acceptors (Lipinski definition) is 4. The Bertz CT molecular complexity index is 401. The van der Waals surface area contributed by atoms with E-state index in [9.17, 15) is 14.9 Å². The zero-order valence-electron chi connectivity index (χ0n) is 7.97. The Morgan fingerprint density at radius 2 is 2.27 bits per heavy atom. The van der Waals surface area contributed by atoms with Crippen LogP contribution in [0.3, 0.4) is 0 Å². The third-order valence-corrected chi connectivity index (χ3v) is 1.73. The lowest BCUT2D eigenvalue weighted by atomic mass is 10.2. The fourth-order valence-electron chi connectivity index (χ4n) is 1.07. The van der Waals surface area contributed by atoms with Crippen molar-refractivity contribution in [3.63, 3.8) is 0 Å². The van der Waals surface area contributed by atoms with E-state index < -0.39 is 17.5 Å². The molecule has 1 rings (SSSR count). The lowest BCUT2D eigenvalue weighted by molar-refractivity contribution is -0.385.